The predicted molar refractivity (Wildman–Crippen MR) is 164 cm³/mol. The van der Waals surface area contributed by atoms with Crippen molar-refractivity contribution in [3.05, 3.63) is 58.7 Å². The van der Waals surface area contributed by atoms with E-state index >= 15 is 0 Å². The number of aromatic nitrogens is 1. The lowest BCUT2D eigenvalue weighted by Crippen LogP contribution is -2.44. The molecule has 40 heavy (non-hydrogen) atoms. The number of halogens is 1. The van der Waals surface area contributed by atoms with Gasteiger partial charge in [-0.3, -0.25) is 9.59 Å². The Bertz CT molecular complexity index is 1370. The van der Waals surface area contributed by atoms with E-state index < -0.39 is 17.5 Å². The van der Waals surface area contributed by atoms with Gasteiger partial charge in [-0.1, -0.05) is 51.4 Å². The first-order valence-corrected chi connectivity index (χ1v) is 15.2. The molecule has 1 fully saturated rings. The SMILES string of the molecule is CCC(=O)[C@@H](Oc1ccc2c(c1)c(SC(C)(C)C)c(CC(C)(C)C(=O)O)n2Cc1ccc(Cl)cc1)C1CCCN1. The van der Waals surface area contributed by atoms with Gasteiger partial charge in [0, 0.05) is 50.6 Å². The number of aliphatic carboxylic acids is 1. The maximum absolute atomic E-state index is 12.9. The molecule has 0 bridgehead atoms. The largest absolute Gasteiger partial charge is 0.481 e. The summed E-state index contributed by atoms with van der Waals surface area (Å²) in [5.74, 6) is -0.0963. The standard InChI is InChI=1S/C32H41ClN2O4S/c1-7-27(36)28(24-9-8-16-34-24)39-22-14-15-25-23(17-22)29(40-31(2,3)4)26(18-32(5,6)30(37)38)35(25)19-20-10-12-21(33)13-11-20/h10-15,17,24,28,34H,7-9,16,18-19H2,1-6H3,(H,37,38)/t24?,28-/m0/s1. The van der Waals surface area contributed by atoms with Gasteiger partial charge in [-0.05, 0) is 69.1 Å². The summed E-state index contributed by atoms with van der Waals surface area (Å²) in [6.07, 6.45) is 2.19. The highest BCUT2D eigenvalue weighted by atomic mass is 35.5. The molecule has 1 aliphatic rings. The fourth-order valence-corrected chi connectivity index (χ4v) is 6.47. The van der Waals surface area contributed by atoms with Gasteiger partial charge in [0.25, 0.3) is 0 Å². The molecule has 216 valence electrons. The highest BCUT2D eigenvalue weighted by molar-refractivity contribution is 8.00. The fraction of sp³-hybridized carbons (Fsp3) is 0.500. The van der Waals surface area contributed by atoms with Crippen LogP contribution in [0.3, 0.4) is 0 Å². The van der Waals surface area contributed by atoms with E-state index in [2.05, 4.69) is 30.7 Å². The van der Waals surface area contributed by atoms with Crippen LogP contribution < -0.4 is 10.1 Å². The van der Waals surface area contributed by atoms with Crippen LogP contribution >= 0.6 is 23.4 Å². The number of rotatable bonds is 11. The third kappa shape index (κ3) is 7.04. The molecule has 2 aromatic carbocycles. The van der Waals surface area contributed by atoms with Crippen molar-refractivity contribution in [1.29, 1.82) is 0 Å². The lowest BCUT2D eigenvalue weighted by Gasteiger charge is -2.24. The van der Waals surface area contributed by atoms with Crippen molar-refractivity contribution in [3.8, 4) is 5.75 Å². The van der Waals surface area contributed by atoms with Crippen molar-refractivity contribution in [2.75, 3.05) is 6.54 Å². The first kappa shape index (κ1) is 30.5. The Hall–Kier alpha value is -2.48. The van der Waals surface area contributed by atoms with Gasteiger partial charge in [-0.25, -0.2) is 0 Å². The Labute approximate surface area is 246 Å². The molecular formula is C32H41ClN2O4S. The fourth-order valence-electron chi connectivity index (χ4n) is 5.16. The molecule has 1 saturated heterocycles. The van der Waals surface area contributed by atoms with Crippen molar-refractivity contribution in [3.63, 3.8) is 0 Å². The smallest absolute Gasteiger partial charge is 0.309 e. The number of hydrogen-bond donors (Lipinski definition) is 2. The van der Waals surface area contributed by atoms with Crippen LogP contribution in [0, 0.1) is 5.41 Å². The molecule has 0 spiro atoms. The summed E-state index contributed by atoms with van der Waals surface area (Å²) in [6.45, 7) is 13.4. The van der Waals surface area contributed by atoms with Crippen LogP contribution in [0.4, 0.5) is 0 Å². The van der Waals surface area contributed by atoms with Crippen LogP contribution in [0.5, 0.6) is 5.75 Å². The summed E-state index contributed by atoms with van der Waals surface area (Å²) in [5, 5.41) is 15.2. The molecular weight excluding hydrogens is 544 g/mol. The lowest BCUT2D eigenvalue weighted by atomic mass is 9.88. The molecule has 0 radical (unpaired) electrons. The molecule has 8 heteroatoms. The van der Waals surface area contributed by atoms with Crippen LogP contribution in [-0.4, -0.2) is 44.9 Å². The van der Waals surface area contributed by atoms with E-state index in [1.807, 2.05) is 49.4 Å². The number of Topliss-reactive ketones (excluding diaryl/α,β-unsaturated/α-hetero) is 1. The Morgan fingerprint density at radius 3 is 2.42 bits per heavy atom. The number of fused-ring (bicyclic) bond motifs is 1. The molecule has 4 rings (SSSR count). The molecule has 6 nitrogen and oxygen atoms in total. The molecule has 2 N–H and O–H groups in total. The summed E-state index contributed by atoms with van der Waals surface area (Å²) in [7, 11) is 0. The van der Waals surface area contributed by atoms with Crippen LogP contribution in [0.15, 0.2) is 47.4 Å². The van der Waals surface area contributed by atoms with E-state index in [0.717, 1.165) is 46.4 Å². The van der Waals surface area contributed by atoms with E-state index in [1.54, 1.807) is 25.6 Å². The number of carbonyl (C=O) groups is 2. The van der Waals surface area contributed by atoms with E-state index in [-0.39, 0.29) is 16.6 Å². The van der Waals surface area contributed by atoms with Gasteiger partial charge >= 0.3 is 5.97 Å². The number of hydrogen-bond acceptors (Lipinski definition) is 5. The lowest BCUT2D eigenvalue weighted by molar-refractivity contribution is -0.146. The first-order chi connectivity index (χ1) is 18.8. The minimum absolute atomic E-state index is 0.00740. The second kappa shape index (κ2) is 12.2. The number of carbonyl (C=O) groups excluding carboxylic acids is 1. The van der Waals surface area contributed by atoms with Gasteiger partial charge in [0.2, 0.25) is 0 Å². The van der Waals surface area contributed by atoms with Crippen molar-refractivity contribution >= 4 is 46.0 Å². The van der Waals surface area contributed by atoms with Crippen LogP contribution in [-0.2, 0) is 22.6 Å². The third-order valence-electron chi connectivity index (χ3n) is 7.33. The highest BCUT2D eigenvalue weighted by Gasteiger charge is 2.34. The zero-order valence-electron chi connectivity index (χ0n) is 24.3. The van der Waals surface area contributed by atoms with Gasteiger partial charge in [-0.15, -0.1) is 11.8 Å². The molecule has 1 aliphatic heterocycles. The Morgan fingerprint density at radius 1 is 1.15 bits per heavy atom. The second-order valence-corrected chi connectivity index (χ2v) is 14.6. The summed E-state index contributed by atoms with van der Waals surface area (Å²) >= 11 is 7.90. The third-order valence-corrected chi connectivity index (χ3v) is 8.86. The second-order valence-electron chi connectivity index (χ2n) is 12.3. The number of carboxylic acids is 1. The maximum atomic E-state index is 12.9. The molecule has 0 aliphatic carbocycles. The molecule has 0 amide bonds. The topological polar surface area (TPSA) is 80.6 Å². The monoisotopic (exact) mass is 584 g/mol. The number of ketones is 1. The van der Waals surface area contributed by atoms with Gasteiger partial charge in [0.1, 0.15) is 5.75 Å². The van der Waals surface area contributed by atoms with Crippen LogP contribution in [0.2, 0.25) is 5.02 Å². The maximum Gasteiger partial charge on any atom is 0.309 e. The quantitative estimate of drug-likeness (QED) is 0.229. The normalized spacial score (nSPS) is 16.8. The summed E-state index contributed by atoms with van der Waals surface area (Å²) in [4.78, 5) is 26.2. The molecule has 3 aromatic rings. The number of thioether (sulfide) groups is 1. The van der Waals surface area contributed by atoms with Crippen LogP contribution in [0.1, 0.15) is 72.1 Å². The highest BCUT2D eigenvalue weighted by Crippen LogP contribution is 2.44. The number of nitrogens with one attached hydrogen (secondary N) is 1. The minimum atomic E-state index is -0.967. The number of benzene rings is 2. The molecule has 2 heterocycles. The molecule has 2 atom stereocenters. The Kier molecular flexibility index (Phi) is 9.28. The number of ether oxygens (including phenoxy) is 1. The van der Waals surface area contributed by atoms with Crippen molar-refractivity contribution in [1.82, 2.24) is 9.88 Å². The van der Waals surface area contributed by atoms with E-state index in [0.29, 0.717) is 30.2 Å². The van der Waals surface area contributed by atoms with Gasteiger partial charge in [0.05, 0.1) is 11.5 Å². The Morgan fingerprint density at radius 2 is 1.85 bits per heavy atom. The van der Waals surface area contributed by atoms with Crippen molar-refractivity contribution in [2.24, 2.45) is 5.41 Å². The molecule has 0 saturated carbocycles. The summed E-state index contributed by atoms with van der Waals surface area (Å²) < 4.78 is 8.54. The zero-order valence-corrected chi connectivity index (χ0v) is 25.9. The number of nitrogens with zero attached hydrogens (tertiary/aromatic N) is 1. The van der Waals surface area contributed by atoms with E-state index in [1.165, 1.54) is 0 Å². The Balaban J connectivity index is 1.88. The van der Waals surface area contributed by atoms with E-state index in [9.17, 15) is 14.7 Å². The first-order valence-electron chi connectivity index (χ1n) is 14.0. The average Bonchev–Trinajstić information content (AvgIpc) is 3.50. The van der Waals surface area contributed by atoms with Crippen molar-refractivity contribution in [2.45, 2.75) is 95.6 Å². The minimum Gasteiger partial charge on any atom is -0.481 e. The number of carboxylic acid groups (broad SMARTS) is 1. The predicted octanol–water partition coefficient (Wildman–Crippen LogP) is 7.37. The van der Waals surface area contributed by atoms with Crippen molar-refractivity contribution < 1.29 is 19.4 Å². The average molecular weight is 585 g/mol. The molecule has 1 unspecified atom stereocenters. The van der Waals surface area contributed by atoms with Gasteiger partial charge in [-0.2, -0.15) is 0 Å². The van der Waals surface area contributed by atoms with Gasteiger partial charge in [0.15, 0.2) is 11.9 Å². The van der Waals surface area contributed by atoms with Crippen LogP contribution in [0.25, 0.3) is 10.9 Å². The molecule has 1 aromatic heterocycles. The summed E-state index contributed by atoms with van der Waals surface area (Å²) in [6, 6.07) is 13.8. The summed E-state index contributed by atoms with van der Waals surface area (Å²) in [5.41, 5.74) is 2.09. The van der Waals surface area contributed by atoms with Gasteiger partial charge < -0.3 is 19.7 Å². The van der Waals surface area contributed by atoms with E-state index in [4.69, 9.17) is 16.3 Å². The zero-order chi connectivity index (χ0) is 29.2.